The highest BCUT2D eigenvalue weighted by Gasteiger charge is 2.24. The predicted molar refractivity (Wildman–Crippen MR) is 79.0 cm³/mol. The monoisotopic (exact) mass is 326 g/mol. The van der Waals surface area contributed by atoms with Gasteiger partial charge in [0.2, 0.25) is 0 Å². The molecule has 0 radical (unpaired) electrons. The molecule has 23 heavy (non-hydrogen) atoms. The third kappa shape index (κ3) is 4.11. The number of nitrogens with one attached hydrogen (secondary N) is 1. The van der Waals surface area contributed by atoms with E-state index < -0.39 is 13.0 Å². The molecule has 2 aromatic rings. The van der Waals surface area contributed by atoms with E-state index in [-0.39, 0.29) is 0 Å². The Morgan fingerprint density at radius 3 is 3.04 bits per heavy atom. The zero-order valence-electron chi connectivity index (χ0n) is 12.9. The molecule has 7 nitrogen and oxygen atoms in total. The molecule has 1 aliphatic heterocycles. The molecular weight excluding hydrogens is 306 g/mol. The van der Waals surface area contributed by atoms with Crippen LogP contribution in [0.2, 0.25) is 0 Å². The lowest BCUT2D eigenvalue weighted by Crippen LogP contribution is -2.26. The molecule has 3 heterocycles. The van der Waals surface area contributed by atoms with Crippen LogP contribution in [0.4, 0.5) is 8.78 Å². The van der Waals surface area contributed by atoms with Crippen LogP contribution in [-0.4, -0.2) is 57.5 Å². The van der Waals surface area contributed by atoms with Gasteiger partial charge in [0.15, 0.2) is 0 Å². The van der Waals surface area contributed by atoms with E-state index in [4.69, 9.17) is 4.74 Å². The summed E-state index contributed by atoms with van der Waals surface area (Å²) in [7, 11) is 1.71. The molecule has 0 bridgehead atoms. The third-order valence-corrected chi connectivity index (χ3v) is 3.89. The molecule has 0 amide bonds. The lowest BCUT2D eigenvalue weighted by atomic mass is 10.1. The summed E-state index contributed by atoms with van der Waals surface area (Å²) in [5.74, 6) is 0.526. The molecule has 126 valence electrons. The van der Waals surface area contributed by atoms with Gasteiger partial charge < -0.3 is 10.1 Å². The summed E-state index contributed by atoms with van der Waals surface area (Å²) < 4.78 is 32.8. The van der Waals surface area contributed by atoms with Gasteiger partial charge in [-0.05, 0) is 18.4 Å². The van der Waals surface area contributed by atoms with Gasteiger partial charge in [-0.25, -0.2) is 8.78 Å². The minimum atomic E-state index is -2.42. The van der Waals surface area contributed by atoms with E-state index in [1.54, 1.807) is 24.1 Å². The Bertz CT molecular complexity index is 628. The van der Waals surface area contributed by atoms with Crippen molar-refractivity contribution in [2.75, 3.05) is 20.3 Å². The molecule has 3 rings (SSSR count). The van der Waals surface area contributed by atoms with E-state index in [1.807, 2.05) is 0 Å². The number of methoxy groups -OCH3 is 1. The van der Waals surface area contributed by atoms with Crippen LogP contribution < -0.4 is 5.32 Å². The molecule has 9 heteroatoms. The van der Waals surface area contributed by atoms with E-state index in [0.717, 1.165) is 19.6 Å². The number of alkyl halides is 2. The summed E-state index contributed by atoms with van der Waals surface area (Å²) in [5.41, 5.74) is 1.14. The van der Waals surface area contributed by atoms with Crippen LogP contribution in [0.25, 0.3) is 11.4 Å². The number of ether oxygens (including phenoxy) is 1. The van der Waals surface area contributed by atoms with Gasteiger partial charge >= 0.3 is 0 Å². The second kappa shape index (κ2) is 7.14. The molecule has 1 fully saturated rings. The smallest absolute Gasteiger partial charge is 0.257 e. The first-order valence-electron chi connectivity index (χ1n) is 7.58. The molecule has 2 atom stereocenters. The maximum Gasteiger partial charge on any atom is 0.257 e. The van der Waals surface area contributed by atoms with E-state index in [9.17, 15) is 8.78 Å². The Morgan fingerprint density at radius 2 is 2.26 bits per heavy atom. The molecule has 0 unspecified atom stereocenters. The number of nitrogens with zero attached hydrogens (tertiary/aromatic N) is 5. The summed E-state index contributed by atoms with van der Waals surface area (Å²) >= 11 is 0. The van der Waals surface area contributed by atoms with Crippen molar-refractivity contribution in [1.29, 1.82) is 0 Å². The highest BCUT2D eigenvalue weighted by molar-refractivity contribution is 5.51. The lowest BCUT2D eigenvalue weighted by molar-refractivity contribution is 0.122. The zero-order valence-corrected chi connectivity index (χ0v) is 12.9. The van der Waals surface area contributed by atoms with Crippen molar-refractivity contribution in [3.8, 4) is 11.4 Å². The van der Waals surface area contributed by atoms with E-state index in [1.165, 1.54) is 10.9 Å². The predicted octanol–water partition coefficient (Wildman–Crippen LogP) is 1.03. The van der Waals surface area contributed by atoms with Gasteiger partial charge in [0.05, 0.1) is 19.3 Å². The topological polar surface area (TPSA) is 69.8 Å². The quantitative estimate of drug-likeness (QED) is 0.823. The standard InChI is InChI=1S/C14H20F2N6O/c1-23-9-10-4-11(17-5-10)6-22-7-13(18-20-22)12-2-3-21(19-12)8-14(15)16/h2-3,7,10-11,14,17H,4-6,8-9H2,1H3/t10-,11-/m0/s1. The van der Waals surface area contributed by atoms with Gasteiger partial charge in [-0.3, -0.25) is 9.36 Å². The normalized spacial score (nSPS) is 21.4. The van der Waals surface area contributed by atoms with E-state index in [2.05, 4.69) is 20.7 Å². The summed E-state index contributed by atoms with van der Waals surface area (Å²) in [6.07, 6.45) is 1.92. The van der Waals surface area contributed by atoms with Gasteiger partial charge in [0, 0.05) is 25.9 Å². The molecule has 0 aromatic carbocycles. The van der Waals surface area contributed by atoms with Crippen molar-refractivity contribution in [3.05, 3.63) is 18.5 Å². The van der Waals surface area contributed by atoms with E-state index >= 15 is 0 Å². The first-order valence-corrected chi connectivity index (χ1v) is 7.58. The number of hydrogen-bond acceptors (Lipinski definition) is 5. The van der Waals surface area contributed by atoms with Crippen LogP contribution in [-0.2, 0) is 17.8 Å². The van der Waals surface area contributed by atoms with Gasteiger partial charge in [0.1, 0.15) is 17.9 Å². The summed E-state index contributed by atoms with van der Waals surface area (Å²) in [6.45, 7) is 2.00. The van der Waals surface area contributed by atoms with Crippen molar-refractivity contribution in [2.45, 2.75) is 32.0 Å². The first-order chi connectivity index (χ1) is 11.1. The second-order valence-corrected chi connectivity index (χ2v) is 5.80. The Labute approximate surface area is 132 Å². The molecule has 2 aromatic heterocycles. The second-order valence-electron chi connectivity index (χ2n) is 5.80. The Balaban J connectivity index is 1.59. The molecule has 0 spiro atoms. The number of halogens is 2. The summed E-state index contributed by atoms with van der Waals surface area (Å²) in [4.78, 5) is 0. The molecule has 0 aliphatic carbocycles. The minimum absolute atomic E-state index is 0.334. The van der Waals surface area contributed by atoms with Gasteiger partial charge in [-0.1, -0.05) is 5.21 Å². The van der Waals surface area contributed by atoms with Gasteiger partial charge in [-0.15, -0.1) is 5.10 Å². The molecule has 1 aliphatic rings. The average Bonchev–Trinajstić information content (AvgIpc) is 3.20. The number of rotatable bonds is 7. The number of aromatic nitrogens is 5. The lowest BCUT2D eigenvalue weighted by Gasteiger charge is -2.09. The molecule has 1 N–H and O–H groups in total. The minimum Gasteiger partial charge on any atom is -0.384 e. The van der Waals surface area contributed by atoms with Crippen LogP contribution in [0.15, 0.2) is 18.5 Å². The van der Waals surface area contributed by atoms with Crippen LogP contribution in [0.5, 0.6) is 0 Å². The van der Waals surface area contributed by atoms with Crippen molar-refractivity contribution in [3.63, 3.8) is 0 Å². The molecule has 1 saturated heterocycles. The number of hydrogen-bond donors (Lipinski definition) is 1. The fraction of sp³-hybridized carbons (Fsp3) is 0.643. The Morgan fingerprint density at radius 1 is 1.39 bits per heavy atom. The summed E-state index contributed by atoms with van der Waals surface area (Å²) in [5, 5.41) is 15.7. The van der Waals surface area contributed by atoms with Gasteiger partial charge in [0.25, 0.3) is 6.43 Å². The van der Waals surface area contributed by atoms with Crippen molar-refractivity contribution >= 4 is 0 Å². The van der Waals surface area contributed by atoms with E-state index in [0.29, 0.717) is 29.9 Å². The first kappa shape index (κ1) is 16.0. The van der Waals surface area contributed by atoms with Crippen LogP contribution >= 0.6 is 0 Å². The third-order valence-electron chi connectivity index (χ3n) is 3.89. The van der Waals surface area contributed by atoms with Crippen molar-refractivity contribution in [2.24, 2.45) is 5.92 Å². The van der Waals surface area contributed by atoms with Crippen LogP contribution in [0.1, 0.15) is 6.42 Å². The Hall–Kier alpha value is -1.87. The fourth-order valence-electron chi connectivity index (χ4n) is 2.88. The summed E-state index contributed by atoms with van der Waals surface area (Å²) in [6, 6.07) is 2.00. The highest BCUT2D eigenvalue weighted by atomic mass is 19.3. The SMILES string of the molecule is COC[C@@H]1CN[C@H](Cn2cc(-c3ccn(CC(F)F)n3)nn2)C1. The van der Waals surface area contributed by atoms with Gasteiger partial charge in [-0.2, -0.15) is 5.10 Å². The zero-order chi connectivity index (χ0) is 16.2. The highest BCUT2D eigenvalue weighted by Crippen LogP contribution is 2.17. The van der Waals surface area contributed by atoms with Crippen LogP contribution in [0, 0.1) is 5.92 Å². The molecular formula is C14H20F2N6O. The fourth-order valence-corrected chi connectivity index (χ4v) is 2.88. The Kier molecular flexibility index (Phi) is 4.97. The van der Waals surface area contributed by atoms with Crippen molar-refractivity contribution < 1.29 is 13.5 Å². The van der Waals surface area contributed by atoms with Crippen molar-refractivity contribution in [1.82, 2.24) is 30.1 Å². The maximum absolute atomic E-state index is 12.3. The van der Waals surface area contributed by atoms with Crippen LogP contribution in [0.3, 0.4) is 0 Å². The molecule has 0 saturated carbocycles. The average molecular weight is 326 g/mol. The maximum atomic E-state index is 12.3. The largest absolute Gasteiger partial charge is 0.384 e.